The van der Waals surface area contributed by atoms with Gasteiger partial charge in [-0.2, -0.15) is 0 Å². The molecule has 6 nitrogen and oxygen atoms in total. The van der Waals surface area contributed by atoms with Crippen molar-refractivity contribution in [1.29, 1.82) is 0 Å². The van der Waals surface area contributed by atoms with Crippen molar-refractivity contribution in [1.82, 2.24) is 4.90 Å². The van der Waals surface area contributed by atoms with Crippen molar-refractivity contribution in [3.05, 3.63) is 0 Å². The van der Waals surface area contributed by atoms with Gasteiger partial charge in [0.2, 0.25) is 0 Å². The lowest BCUT2D eigenvalue weighted by Gasteiger charge is -2.21. The molecular weight excluding hydrogens is 622 g/mol. The number of nitrogens with zero attached hydrogens (tertiary/aromatic N) is 1. The van der Waals surface area contributed by atoms with E-state index in [-0.39, 0.29) is 24.6 Å². The van der Waals surface area contributed by atoms with E-state index in [1.165, 1.54) is 128 Å². The van der Waals surface area contributed by atoms with E-state index >= 15 is 0 Å². The minimum absolute atomic E-state index is 0.0147. The van der Waals surface area contributed by atoms with Gasteiger partial charge in [0, 0.05) is 19.4 Å². The SMILES string of the molecule is CCCCCCCCCC(=O)OCCCCCCCN(CCO)CCCCCCCC(=O)OC(CCCCCCCC)CCCCCCCC. The minimum Gasteiger partial charge on any atom is -0.466 e. The molecule has 6 heteroatoms. The summed E-state index contributed by atoms with van der Waals surface area (Å²) in [4.78, 5) is 27.0. The number of rotatable bonds is 41. The first kappa shape index (κ1) is 48.9. The Morgan fingerprint density at radius 1 is 0.460 bits per heavy atom. The van der Waals surface area contributed by atoms with Crippen molar-refractivity contribution in [2.45, 2.75) is 239 Å². The second-order valence-corrected chi connectivity index (χ2v) is 15.2. The fourth-order valence-electron chi connectivity index (χ4n) is 6.88. The number of ether oxygens (including phenoxy) is 2. The Kier molecular flexibility index (Phi) is 39.7. The molecule has 0 aromatic rings. The van der Waals surface area contributed by atoms with E-state index in [0.29, 0.717) is 19.4 Å². The third-order valence-electron chi connectivity index (χ3n) is 10.2. The van der Waals surface area contributed by atoms with Gasteiger partial charge >= 0.3 is 11.9 Å². The monoisotopic (exact) mass is 710 g/mol. The highest BCUT2D eigenvalue weighted by Gasteiger charge is 2.14. The number of aliphatic hydroxyl groups excluding tert-OH is 1. The summed E-state index contributed by atoms with van der Waals surface area (Å²) < 4.78 is 11.4. The van der Waals surface area contributed by atoms with E-state index < -0.39 is 0 Å². The molecule has 298 valence electrons. The predicted octanol–water partition coefficient (Wildman–Crippen LogP) is 12.7. The average molecular weight is 710 g/mol. The van der Waals surface area contributed by atoms with Crippen LogP contribution in [0.2, 0.25) is 0 Å². The topological polar surface area (TPSA) is 76.1 Å². The van der Waals surface area contributed by atoms with Crippen LogP contribution >= 0.6 is 0 Å². The second-order valence-electron chi connectivity index (χ2n) is 15.2. The highest BCUT2D eigenvalue weighted by Crippen LogP contribution is 2.18. The van der Waals surface area contributed by atoms with Crippen LogP contribution in [0.15, 0.2) is 0 Å². The van der Waals surface area contributed by atoms with Crippen LogP contribution in [0, 0.1) is 0 Å². The Morgan fingerprint density at radius 3 is 1.30 bits per heavy atom. The van der Waals surface area contributed by atoms with Gasteiger partial charge in [0.1, 0.15) is 6.10 Å². The zero-order chi connectivity index (χ0) is 36.6. The van der Waals surface area contributed by atoms with Gasteiger partial charge < -0.3 is 19.5 Å². The second kappa shape index (κ2) is 40.6. The van der Waals surface area contributed by atoms with Crippen LogP contribution in [-0.2, 0) is 19.1 Å². The summed E-state index contributed by atoms with van der Waals surface area (Å²) in [6.45, 7) is 10.4. The number of hydrogen-bond donors (Lipinski definition) is 1. The number of hydrogen-bond acceptors (Lipinski definition) is 6. The Bertz CT molecular complexity index is 686. The summed E-state index contributed by atoms with van der Waals surface area (Å²) in [5, 5.41) is 9.54. The number of esters is 2. The molecule has 0 radical (unpaired) electrons. The Balaban J connectivity index is 3.93. The first-order valence-electron chi connectivity index (χ1n) is 22.3. The van der Waals surface area contributed by atoms with E-state index in [1.54, 1.807) is 0 Å². The normalized spacial score (nSPS) is 11.6. The van der Waals surface area contributed by atoms with E-state index in [0.717, 1.165) is 90.3 Å². The van der Waals surface area contributed by atoms with Gasteiger partial charge in [-0.1, -0.05) is 162 Å². The van der Waals surface area contributed by atoms with Crippen molar-refractivity contribution >= 4 is 11.9 Å². The maximum absolute atomic E-state index is 12.7. The van der Waals surface area contributed by atoms with Crippen LogP contribution in [-0.4, -0.2) is 60.9 Å². The Hall–Kier alpha value is -1.14. The van der Waals surface area contributed by atoms with Crippen molar-refractivity contribution in [3.63, 3.8) is 0 Å². The predicted molar refractivity (Wildman–Crippen MR) is 214 cm³/mol. The highest BCUT2D eigenvalue weighted by molar-refractivity contribution is 5.69. The molecule has 0 aromatic carbocycles. The van der Waals surface area contributed by atoms with Gasteiger partial charge in [-0.3, -0.25) is 9.59 Å². The van der Waals surface area contributed by atoms with Crippen LogP contribution in [0.3, 0.4) is 0 Å². The van der Waals surface area contributed by atoms with Crippen molar-refractivity contribution in [2.75, 3.05) is 32.8 Å². The van der Waals surface area contributed by atoms with Crippen LogP contribution in [0.5, 0.6) is 0 Å². The smallest absolute Gasteiger partial charge is 0.306 e. The number of unbranched alkanes of at least 4 members (excludes halogenated alkanes) is 24. The molecule has 0 rings (SSSR count). The molecular formula is C44H87NO5. The molecule has 0 aliphatic heterocycles. The van der Waals surface area contributed by atoms with E-state index in [2.05, 4.69) is 25.7 Å². The lowest BCUT2D eigenvalue weighted by molar-refractivity contribution is -0.150. The lowest BCUT2D eigenvalue weighted by Crippen LogP contribution is -2.29. The van der Waals surface area contributed by atoms with Gasteiger partial charge in [0.05, 0.1) is 13.2 Å². The first-order valence-corrected chi connectivity index (χ1v) is 22.3. The molecule has 50 heavy (non-hydrogen) atoms. The summed E-state index contributed by atoms with van der Waals surface area (Å²) >= 11 is 0. The van der Waals surface area contributed by atoms with Crippen LogP contribution in [0.4, 0.5) is 0 Å². The summed E-state index contributed by atoms with van der Waals surface area (Å²) in [5.41, 5.74) is 0. The molecule has 0 spiro atoms. The number of aliphatic hydroxyl groups is 1. The molecule has 0 amide bonds. The quantitative estimate of drug-likeness (QED) is 0.0503. The molecule has 0 saturated heterocycles. The Labute approximate surface area is 312 Å². The van der Waals surface area contributed by atoms with Crippen LogP contribution in [0.25, 0.3) is 0 Å². The maximum atomic E-state index is 12.7. The third-order valence-corrected chi connectivity index (χ3v) is 10.2. The highest BCUT2D eigenvalue weighted by atomic mass is 16.5. The number of carbonyl (C=O) groups is 2. The molecule has 0 aliphatic rings. The maximum Gasteiger partial charge on any atom is 0.306 e. The zero-order valence-corrected chi connectivity index (χ0v) is 34.0. The van der Waals surface area contributed by atoms with Crippen molar-refractivity contribution in [3.8, 4) is 0 Å². The summed E-state index contributed by atoms with van der Waals surface area (Å²) in [7, 11) is 0. The standard InChI is InChI=1S/C44H87NO5/c1-4-7-10-13-16-21-28-35-43(47)49-41-32-25-18-24-31-38-45(39-40-46)37-30-23-17-22-29-36-44(48)50-42(33-26-19-14-11-8-5-2)34-27-20-15-12-9-6-3/h42,46H,4-41H2,1-3H3. The molecule has 0 saturated carbocycles. The molecule has 0 bridgehead atoms. The van der Waals surface area contributed by atoms with E-state index in [4.69, 9.17) is 9.47 Å². The van der Waals surface area contributed by atoms with Gasteiger partial charge in [0.15, 0.2) is 0 Å². The molecule has 0 heterocycles. The average Bonchev–Trinajstić information content (AvgIpc) is 3.11. The first-order chi connectivity index (χ1) is 24.6. The summed E-state index contributed by atoms with van der Waals surface area (Å²) in [6, 6.07) is 0. The summed E-state index contributed by atoms with van der Waals surface area (Å²) in [6.07, 6.45) is 38.3. The fraction of sp³-hybridized carbons (Fsp3) is 0.955. The van der Waals surface area contributed by atoms with Crippen molar-refractivity contribution in [2.24, 2.45) is 0 Å². The van der Waals surface area contributed by atoms with E-state index in [1.807, 2.05) is 0 Å². The molecule has 0 atom stereocenters. The largest absolute Gasteiger partial charge is 0.466 e. The Morgan fingerprint density at radius 2 is 0.840 bits per heavy atom. The third kappa shape index (κ3) is 36.6. The van der Waals surface area contributed by atoms with Gasteiger partial charge in [-0.05, 0) is 70.9 Å². The van der Waals surface area contributed by atoms with E-state index in [9.17, 15) is 14.7 Å². The van der Waals surface area contributed by atoms with Gasteiger partial charge in [-0.15, -0.1) is 0 Å². The number of carbonyl (C=O) groups excluding carboxylic acids is 2. The molecule has 0 unspecified atom stereocenters. The fourth-order valence-corrected chi connectivity index (χ4v) is 6.88. The molecule has 0 aliphatic carbocycles. The minimum atomic E-state index is -0.0259. The molecule has 1 N–H and O–H groups in total. The molecule has 0 fully saturated rings. The summed E-state index contributed by atoms with van der Waals surface area (Å²) in [5.74, 6) is -0.0112. The van der Waals surface area contributed by atoms with Crippen LogP contribution < -0.4 is 0 Å². The van der Waals surface area contributed by atoms with Crippen LogP contribution in [0.1, 0.15) is 233 Å². The molecule has 0 aromatic heterocycles. The lowest BCUT2D eigenvalue weighted by atomic mass is 10.0. The zero-order valence-electron chi connectivity index (χ0n) is 34.0. The van der Waals surface area contributed by atoms with Crippen molar-refractivity contribution < 1.29 is 24.2 Å². The van der Waals surface area contributed by atoms with Gasteiger partial charge in [-0.25, -0.2) is 0 Å². The van der Waals surface area contributed by atoms with Gasteiger partial charge in [0.25, 0.3) is 0 Å².